The molecule has 0 aromatic rings. The van der Waals surface area contributed by atoms with Crippen LogP contribution in [0.25, 0.3) is 0 Å². The molecule has 0 spiro atoms. The molecule has 468 valence electrons. The van der Waals surface area contributed by atoms with Gasteiger partial charge in [-0.2, -0.15) is 0 Å². The van der Waals surface area contributed by atoms with Gasteiger partial charge in [0.25, 0.3) is 0 Å². The van der Waals surface area contributed by atoms with E-state index in [-0.39, 0.29) is 31.1 Å². The van der Waals surface area contributed by atoms with Crippen molar-refractivity contribution in [2.24, 2.45) is 0 Å². The Balaban J connectivity index is 4.32. The first-order chi connectivity index (χ1) is 40.0. The van der Waals surface area contributed by atoms with Crippen LogP contribution in [0, 0.1) is 0 Å². The number of ether oxygens (including phenoxy) is 3. The summed E-state index contributed by atoms with van der Waals surface area (Å²) in [7, 11) is 0. The van der Waals surface area contributed by atoms with Crippen LogP contribution in [0.3, 0.4) is 0 Å². The fourth-order valence-electron chi connectivity index (χ4n) is 10.2. The Hall–Kier alpha value is -3.41. The predicted octanol–water partition coefficient (Wildman–Crippen LogP) is 24.2. The van der Waals surface area contributed by atoms with Crippen molar-refractivity contribution in [3.63, 3.8) is 0 Å². The topological polar surface area (TPSA) is 78.9 Å². The van der Waals surface area contributed by atoms with Crippen LogP contribution in [0.15, 0.2) is 85.1 Å². The van der Waals surface area contributed by atoms with E-state index in [1.54, 1.807) is 0 Å². The molecule has 0 rings (SSSR count). The highest BCUT2D eigenvalue weighted by atomic mass is 16.6. The third kappa shape index (κ3) is 67.3. The quantitative estimate of drug-likeness (QED) is 0.0261. The van der Waals surface area contributed by atoms with E-state index >= 15 is 0 Å². The summed E-state index contributed by atoms with van der Waals surface area (Å²) >= 11 is 0. The molecule has 0 aromatic carbocycles. The van der Waals surface area contributed by atoms with Crippen LogP contribution in [0.2, 0.25) is 0 Å². The molecule has 1 unspecified atom stereocenters. The maximum atomic E-state index is 13.0. The summed E-state index contributed by atoms with van der Waals surface area (Å²) in [5.74, 6) is -0.876. The van der Waals surface area contributed by atoms with Crippen molar-refractivity contribution in [1.82, 2.24) is 0 Å². The zero-order valence-corrected chi connectivity index (χ0v) is 53.8. The Labute approximate surface area is 503 Å². The summed E-state index contributed by atoms with van der Waals surface area (Å²) in [6, 6.07) is 0. The zero-order valence-electron chi connectivity index (χ0n) is 53.8. The molecule has 81 heavy (non-hydrogen) atoms. The number of esters is 3. The predicted molar refractivity (Wildman–Crippen MR) is 353 cm³/mol. The summed E-state index contributed by atoms with van der Waals surface area (Å²) in [5.41, 5.74) is 0. The molecule has 0 aromatic heterocycles. The molecule has 0 aliphatic carbocycles. The Morgan fingerprint density at radius 3 is 0.765 bits per heavy atom. The molecule has 1 atom stereocenters. The largest absolute Gasteiger partial charge is 0.462 e. The summed E-state index contributed by atoms with van der Waals surface area (Å²) < 4.78 is 17.0. The molecule has 0 heterocycles. The Morgan fingerprint density at radius 1 is 0.259 bits per heavy atom. The fourth-order valence-corrected chi connectivity index (χ4v) is 10.2. The van der Waals surface area contributed by atoms with Gasteiger partial charge in [-0.1, -0.05) is 324 Å². The Morgan fingerprint density at radius 2 is 0.481 bits per heavy atom. The summed E-state index contributed by atoms with van der Waals surface area (Å²) in [6.07, 6.45) is 91.7. The van der Waals surface area contributed by atoms with Crippen molar-refractivity contribution in [3.05, 3.63) is 85.1 Å². The van der Waals surface area contributed by atoms with E-state index in [1.807, 2.05) is 0 Å². The molecule has 0 fully saturated rings. The van der Waals surface area contributed by atoms with Gasteiger partial charge in [0.1, 0.15) is 13.2 Å². The number of hydrogen-bond acceptors (Lipinski definition) is 6. The first kappa shape index (κ1) is 77.6. The number of carbonyl (C=O) groups excluding carboxylic acids is 3. The van der Waals surface area contributed by atoms with Gasteiger partial charge in [-0.05, 0) is 96.3 Å². The van der Waals surface area contributed by atoms with Crippen molar-refractivity contribution in [3.8, 4) is 0 Å². The van der Waals surface area contributed by atoms with Gasteiger partial charge in [0.05, 0.1) is 0 Å². The second-order valence-electron chi connectivity index (χ2n) is 23.4. The highest BCUT2D eigenvalue weighted by Crippen LogP contribution is 2.18. The van der Waals surface area contributed by atoms with Gasteiger partial charge in [-0.15, -0.1) is 0 Å². The van der Waals surface area contributed by atoms with E-state index in [9.17, 15) is 14.4 Å². The second kappa shape index (κ2) is 69.1. The molecular formula is C75H132O6. The summed E-state index contributed by atoms with van der Waals surface area (Å²) in [4.78, 5) is 38.4. The van der Waals surface area contributed by atoms with Crippen LogP contribution in [0.5, 0.6) is 0 Å². The van der Waals surface area contributed by atoms with E-state index in [0.29, 0.717) is 19.3 Å². The van der Waals surface area contributed by atoms with Crippen molar-refractivity contribution in [1.29, 1.82) is 0 Å². The van der Waals surface area contributed by atoms with Gasteiger partial charge in [-0.25, -0.2) is 0 Å². The normalized spacial score (nSPS) is 12.6. The van der Waals surface area contributed by atoms with Crippen LogP contribution in [-0.2, 0) is 28.6 Å². The van der Waals surface area contributed by atoms with Gasteiger partial charge >= 0.3 is 17.9 Å². The SMILES string of the molecule is CC/C=C\C/C=C\C/C=C\C/C=C\C/C=C\C/C=C\CCCCCCCCCCC(=O)OCC(COC(=O)CCCCCCC/C=C\CCCCCCC)OC(=O)CCCCCCCCCCCCCCCCCCCCCCCC. The van der Waals surface area contributed by atoms with Crippen molar-refractivity contribution < 1.29 is 28.6 Å². The van der Waals surface area contributed by atoms with E-state index in [4.69, 9.17) is 14.2 Å². The summed E-state index contributed by atoms with van der Waals surface area (Å²) in [5, 5.41) is 0. The van der Waals surface area contributed by atoms with Crippen molar-refractivity contribution in [2.75, 3.05) is 13.2 Å². The fraction of sp³-hybridized carbons (Fsp3) is 0.773. The molecule has 0 saturated carbocycles. The van der Waals surface area contributed by atoms with Crippen LogP contribution in [0.4, 0.5) is 0 Å². The van der Waals surface area contributed by atoms with Gasteiger partial charge < -0.3 is 14.2 Å². The average molecular weight is 1130 g/mol. The molecular weight excluding hydrogens is 997 g/mol. The van der Waals surface area contributed by atoms with Crippen LogP contribution in [-0.4, -0.2) is 37.2 Å². The standard InChI is InChI=1S/C75H132O6/c1-4-7-10-13-16-19-22-25-28-30-32-34-36-37-38-39-40-42-43-45-47-50-53-56-59-62-65-68-74(77)80-71-72(70-79-73(76)67-64-61-58-55-52-49-27-24-21-18-15-12-9-6-3)81-75(78)69-66-63-60-57-54-51-48-46-44-41-35-33-31-29-26-23-20-17-14-11-8-5-2/h7,10,16,19,24-25,27-28,32,34,37-38,40,42,72H,4-6,8-9,11-15,17-18,20-23,26,29-31,33,35-36,39,41,43-71H2,1-3H3/b10-7-,19-16-,27-24-,28-25-,34-32-,38-37-,42-40-. The third-order valence-corrected chi connectivity index (χ3v) is 15.4. The number of rotatable bonds is 64. The number of hydrogen-bond donors (Lipinski definition) is 0. The molecule has 0 N–H and O–H groups in total. The first-order valence-electron chi connectivity index (χ1n) is 35.1. The van der Waals surface area contributed by atoms with Crippen LogP contribution < -0.4 is 0 Å². The van der Waals surface area contributed by atoms with Crippen molar-refractivity contribution >= 4 is 17.9 Å². The van der Waals surface area contributed by atoms with Gasteiger partial charge in [-0.3, -0.25) is 14.4 Å². The van der Waals surface area contributed by atoms with Crippen molar-refractivity contribution in [2.45, 2.75) is 361 Å². The van der Waals surface area contributed by atoms with E-state index in [2.05, 4.69) is 106 Å². The lowest BCUT2D eigenvalue weighted by atomic mass is 10.0. The summed E-state index contributed by atoms with van der Waals surface area (Å²) in [6.45, 7) is 6.56. The van der Waals surface area contributed by atoms with E-state index in [1.165, 1.54) is 205 Å². The number of carbonyl (C=O) groups is 3. The Bertz CT molecular complexity index is 1530. The minimum absolute atomic E-state index is 0.0798. The maximum absolute atomic E-state index is 13.0. The molecule has 0 radical (unpaired) electrons. The zero-order chi connectivity index (χ0) is 58.5. The van der Waals surface area contributed by atoms with E-state index < -0.39 is 6.10 Å². The number of unbranched alkanes of at least 4 members (excludes halogenated alkanes) is 39. The molecule has 0 aliphatic rings. The minimum atomic E-state index is -0.783. The van der Waals surface area contributed by atoms with E-state index in [0.717, 1.165) is 109 Å². The molecule has 0 bridgehead atoms. The maximum Gasteiger partial charge on any atom is 0.306 e. The van der Waals surface area contributed by atoms with Crippen LogP contribution >= 0.6 is 0 Å². The van der Waals surface area contributed by atoms with Crippen LogP contribution in [0.1, 0.15) is 355 Å². The molecule has 0 amide bonds. The lowest BCUT2D eigenvalue weighted by Gasteiger charge is -2.18. The lowest BCUT2D eigenvalue weighted by Crippen LogP contribution is -2.30. The van der Waals surface area contributed by atoms with Gasteiger partial charge in [0.2, 0.25) is 0 Å². The highest BCUT2D eigenvalue weighted by molar-refractivity contribution is 5.71. The lowest BCUT2D eigenvalue weighted by molar-refractivity contribution is -0.167. The molecule has 0 aliphatic heterocycles. The second-order valence-corrected chi connectivity index (χ2v) is 23.4. The first-order valence-corrected chi connectivity index (χ1v) is 35.1. The Kier molecular flexibility index (Phi) is 66.2. The minimum Gasteiger partial charge on any atom is -0.462 e. The average Bonchev–Trinajstić information content (AvgIpc) is 3.47. The number of allylic oxidation sites excluding steroid dienone is 14. The third-order valence-electron chi connectivity index (χ3n) is 15.4. The molecule has 6 nitrogen and oxygen atoms in total. The molecule has 0 saturated heterocycles. The highest BCUT2D eigenvalue weighted by Gasteiger charge is 2.19. The smallest absolute Gasteiger partial charge is 0.306 e. The van der Waals surface area contributed by atoms with Gasteiger partial charge in [0, 0.05) is 19.3 Å². The monoisotopic (exact) mass is 1130 g/mol. The van der Waals surface area contributed by atoms with Gasteiger partial charge in [0.15, 0.2) is 6.10 Å². The molecule has 6 heteroatoms.